The number of aliphatic hydroxyl groups excluding tert-OH is 1. The van der Waals surface area contributed by atoms with Crippen LogP contribution < -0.4 is 4.74 Å². The van der Waals surface area contributed by atoms with Crippen molar-refractivity contribution in [2.75, 3.05) is 13.2 Å². The van der Waals surface area contributed by atoms with Crippen LogP contribution in [-0.4, -0.2) is 51.4 Å². The van der Waals surface area contributed by atoms with Crippen molar-refractivity contribution in [3.63, 3.8) is 0 Å². The van der Waals surface area contributed by atoms with Crippen LogP contribution in [0.15, 0.2) is 36.7 Å². The third-order valence-corrected chi connectivity index (χ3v) is 4.82. The van der Waals surface area contributed by atoms with Crippen molar-refractivity contribution in [2.45, 2.75) is 78.4 Å². The third kappa shape index (κ3) is 23.3. The van der Waals surface area contributed by atoms with Crippen molar-refractivity contribution < 1.29 is 33.3 Å². The van der Waals surface area contributed by atoms with Crippen molar-refractivity contribution in [1.82, 2.24) is 9.97 Å². The molecule has 0 fully saturated rings. The van der Waals surface area contributed by atoms with Crippen molar-refractivity contribution >= 4 is 57.1 Å². The van der Waals surface area contributed by atoms with Gasteiger partial charge in [-0.25, -0.2) is 9.97 Å². The molecule has 0 radical (unpaired) electrons. The number of aliphatic hydroxyl groups is 1. The monoisotopic (exact) mass is 746 g/mol. The molecule has 208 valence electrons. The van der Waals surface area contributed by atoms with Gasteiger partial charge in [0, 0.05) is 45.0 Å². The summed E-state index contributed by atoms with van der Waals surface area (Å²) in [5.41, 5.74) is -0.831. The van der Waals surface area contributed by atoms with Crippen LogP contribution in [-0.2, 0) is 19.1 Å². The van der Waals surface area contributed by atoms with E-state index in [0.717, 1.165) is 7.14 Å². The molecule has 0 aliphatic rings. The van der Waals surface area contributed by atoms with E-state index in [1.165, 1.54) is 12.3 Å². The topological polar surface area (TPSA) is 108 Å². The molecule has 0 aliphatic heterocycles. The Hall–Kier alpha value is -1.61. The van der Waals surface area contributed by atoms with Crippen molar-refractivity contribution in [3.8, 4) is 5.88 Å². The van der Waals surface area contributed by atoms with Gasteiger partial charge in [-0.2, -0.15) is 4.39 Å². The second kappa shape index (κ2) is 18.6. The summed E-state index contributed by atoms with van der Waals surface area (Å²) in [6, 6.07) is 6.75. The van der Waals surface area contributed by atoms with Gasteiger partial charge in [-0.05, 0) is 118 Å². The van der Waals surface area contributed by atoms with E-state index in [-0.39, 0.29) is 18.5 Å². The lowest BCUT2D eigenvalue weighted by atomic mass is 10.2. The molecular weight excluding hydrogens is 709 g/mol. The molecule has 2 aromatic heterocycles. The Labute approximate surface area is 246 Å². The number of ether oxygens (including phenoxy) is 3. The largest absolute Gasteiger partial charge is 0.478 e. The Morgan fingerprint density at radius 2 is 1.32 bits per heavy atom. The van der Waals surface area contributed by atoms with Gasteiger partial charge < -0.3 is 19.3 Å². The summed E-state index contributed by atoms with van der Waals surface area (Å²) in [5, 5.41) is 8.41. The quantitative estimate of drug-likeness (QED) is 0.149. The zero-order valence-electron chi connectivity index (χ0n) is 22.2. The third-order valence-electron chi connectivity index (χ3n) is 3.55. The number of carbonyl (C=O) groups excluding carboxylic acids is 2. The number of aromatic nitrogens is 2. The predicted molar refractivity (Wildman–Crippen MR) is 157 cm³/mol. The summed E-state index contributed by atoms with van der Waals surface area (Å²) in [6.07, 6.45) is 4.99. The van der Waals surface area contributed by atoms with Gasteiger partial charge in [0.05, 0.1) is 6.61 Å². The van der Waals surface area contributed by atoms with Crippen LogP contribution in [0.2, 0.25) is 0 Å². The molecule has 0 aromatic carbocycles. The first kappa shape index (κ1) is 35.4. The normalized spacial score (nSPS) is 10.8. The zero-order chi connectivity index (χ0) is 28.5. The van der Waals surface area contributed by atoms with Gasteiger partial charge in [-0.1, -0.05) is 0 Å². The van der Waals surface area contributed by atoms with Gasteiger partial charge in [0.2, 0.25) is 11.8 Å². The summed E-state index contributed by atoms with van der Waals surface area (Å²) in [5.74, 6) is -0.279. The standard InChI is InChI=1S/C13H18INO3.C8H16O3.C5H3FIN/c1-13(2,3)18-12(16)5-4-8-17-11-7-6-10(14)9-15-11;1-8(2,3)11-7(10)5-4-6-9;6-5-2-1-4(7)3-8-5/h6-7,9H,4-5,8H2,1-3H3;9H,4-6H2,1-3H3;1-3H. The lowest BCUT2D eigenvalue weighted by Gasteiger charge is -2.19. The minimum atomic E-state index is -0.426. The van der Waals surface area contributed by atoms with E-state index in [0.29, 0.717) is 38.2 Å². The minimum Gasteiger partial charge on any atom is -0.478 e. The van der Waals surface area contributed by atoms with Crippen LogP contribution in [0.4, 0.5) is 4.39 Å². The van der Waals surface area contributed by atoms with Gasteiger partial charge >= 0.3 is 11.9 Å². The van der Waals surface area contributed by atoms with Gasteiger partial charge in [-0.15, -0.1) is 0 Å². The number of halogens is 3. The summed E-state index contributed by atoms with van der Waals surface area (Å²) in [4.78, 5) is 29.8. The van der Waals surface area contributed by atoms with E-state index in [4.69, 9.17) is 19.3 Å². The van der Waals surface area contributed by atoms with E-state index in [1.54, 1.807) is 12.3 Å². The van der Waals surface area contributed by atoms with Crippen LogP contribution >= 0.6 is 45.2 Å². The maximum Gasteiger partial charge on any atom is 0.306 e. The van der Waals surface area contributed by atoms with Crippen molar-refractivity contribution in [3.05, 3.63) is 49.7 Å². The van der Waals surface area contributed by atoms with Gasteiger partial charge in [0.15, 0.2) is 0 Å². The predicted octanol–water partition coefficient (Wildman–Crippen LogP) is 6.11. The molecule has 2 heterocycles. The maximum atomic E-state index is 12.0. The average molecular weight is 746 g/mol. The van der Waals surface area contributed by atoms with E-state index in [2.05, 4.69) is 55.1 Å². The SMILES string of the molecule is CC(C)(C)OC(=O)CCCO.CC(C)(C)OC(=O)CCCOc1ccc(I)cn1.Fc1ccc(I)cn1. The van der Waals surface area contributed by atoms with Crippen LogP contribution in [0.3, 0.4) is 0 Å². The molecule has 0 saturated carbocycles. The Morgan fingerprint density at radius 1 is 0.838 bits per heavy atom. The van der Waals surface area contributed by atoms with Crippen LogP contribution in [0.25, 0.3) is 0 Å². The molecule has 0 bridgehead atoms. The number of hydrogen-bond donors (Lipinski definition) is 1. The summed E-state index contributed by atoms with van der Waals surface area (Å²) in [7, 11) is 0. The highest BCUT2D eigenvalue weighted by Gasteiger charge is 2.16. The second-order valence-corrected chi connectivity index (χ2v) is 12.1. The fourth-order valence-corrected chi connectivity index (χ4v) is 2.85. The molecule has 0 spiro atoms. The minimum absolute atomic E-state index is 0.0409. The molecule has 11 heteroatoms. The lowest BCUT2D eigenvalue weighted by molar-refractivity contribution is -0.156. The van der Waals surface area contributed by atoms with E-state index >= 15 is 0 Å². The molecule has 0 atom stereocenters. The van der Waals surface area contributed by atoms with Crippen molar-refractivity contribution in [1.29, 1.82) is 0 Å². The molecule has 1 N–H and O–H groups in total. The highest BCUT2D eigenvalue weighted by Crippen LogP contribution is 2.12. The smallest absolute Gasteiger partial charge is 0.306 e. The summed E-state index contributed by atoms with van der Waals surface area (Å²) in [6.45, 7) is 11.5. The molecule has 0 amide bonds. The number of pyridine rings is 2. The average Bonchev–Trinajstić information content (AvgIpc) is 2.77. The van der Waals surface area contributed by atoms with Crippen LogP contribution in [0, 0.1) is 13.1 Å². The van der Waals surface area contributed by atoms with E-state index in [9.17, 15) is 14.0 Å². The molecule has 0 unspecified atom stereocenters. The maximum absolute atomic E-state index is 12.0. The molecule has 8 nitrogen and oxygen atoms in total. The summed E-state index contributed by atoms with van der Waals surface area (Å²) < 4.78 is 29.6. The van der Waals surface area contributed by atoms with Gasteiger partial charge in [0.1, 0.15) is 11.2 Å². The molecule has 2 rings (SSSR count). The number of hydrogen-bond acceptors (Lipinski definition) is 8. The van der Waals surface area contributed by atoms with E-state index < -0.39 is 17.1 Å². The molecule has 37 heavy (non-hydrogen) atoms. The first-order valence-corrected chi connectivity index (χ1v) is 13.8. The summed E-state index contributed by atoms with van der Waals surface area (Å²) >= 11 is 4.25. The Bertz CT molecular complexity index is 894. The van der Waals surface area contributed by atoms with Gasteiger partial charge in [-0.3, -0.25) is 9.59 Å². The first-order chi connectivity index (χ1) is 17.1. The lowest BCUT2D eigenvalue weighted by Crippen LogP contribution is -2.24. The van der Waals surface area contributed by atoms with E-state index in [1.807, 2.05) is 53.7 Å². The number of esters is 2. The zero-order valence-corrected chi connectivity index (χ0v) is 26.5. The molecule has 0 aliphatic carbocycles. The molecular formula is C26H37FI2N2O6. The van der Waals surface area contributed by atoms with Crippen molar-refractivity contribution in [2.24, 2.45) is 0 Å². The van der Waals surface area contributed by atoms with Gasteiger partial charge in [0.25, 0.3) is 0 Å². The second-order valence-electron chi connectivity index (χ2n) is 9.57. The van der Waals surface area contributed by atoms with Crippen LogP contribution in [0.1, 0.15) is 67.2 Å². The fourth-order valence-electron chi connectivity index (χ4n) is 2.21. The highest BCUT2D eigenvalue weighted by molar-refractivity contribution is 14.1. The Kier molecular flexibility index (Phi) is 17.8. The Balaban J connectivity index is 0.000000579. The van der Waals surface area contributed by atoms with Crippen LogP contribution in [0.5, 0.6) is 5.88 Å². The number of nitrogens with zero attached hydrogens (tertiary/aromatic N) is 2. The molecule has 0 saturated heterocycles. The molecule has 2 aromatic rings. The number of carbonyl (C=O) groups is 2. The fraction of sp³-hybridized carbons (Fsp3) is 0.538. The highest BCUT2D eigenvalue weighted by atomic mass is 127. The Morgan fingerprint density at radius 3 is 1.70 bits per heavy atom. The first-order valence-electron chi connectivity index (χ1n) is 11.7. The number of rotatable bonds is 8.